The zero-order valence-electron chi connectivity index (χ0n) is 9.83. The van der Waals surface area contributed by atoms with E-state index in [1.54, 1.807) is 13.8 Å². The normalized spacial score (nSPS) is 34.2. The van der Waals surface area contributed by atoms with E-state index in [4.69, 9.17) is 21.8 Å². The SMILES string of the molecule is [B][C@@H]1OC[C@H](OCP(C)(=O)OC(C)C)[C@H]1O. The monoisotopic (exact) mass is 248 g/mol. The largest absolute Gasteiger partial charge is 0.388 e. The molecule has 1 unspecified atom stereocenters. The lowest BCUT2D eigenvalue weighted by Crippen LogP contribution is -2.32. The summed E-state index contributed by atoms with van der Waals surface area (Å²) < 4.78 is 27.4. The van der Waals surface area contributed by atoms with Crippen molar-refractivity contribution >= 4 is 15.2 Å². The molecule has 16 heavy (non-hydrogen) atoms. The number of aliphatic hydroxyl groups is 1. The number of ether oxygens (including phenoxy) is 2. The maximum absolute atomic E-state index is 11.9. The predicted octanol–water partition coefficient (Wildman–Crippen LogP) is 0.548. The summed E-state index contributed by atoms with van der Waals surface area (Å²) in [5, 5.41) is 9.53. The second-order valence-corrected chi connectivity index (χ2v) is 6.79. The molecule has 7 heteroatoms. The van der Waals surface area contributed by atoms with Gasteiger partial charge < -0.3 is 19.1 Å². The lowest BCUT2D eigenvalue weighted by atomic mass is 9.94. The van der Waals surface area contributed by atoms with Crippen LogP contribution in [0.2, 0.25) is 0 Å². The third-order valence-corrected chi connectivity index (χ3v) is 3.61. The fraction of sp³-hybridized carbons (Fsp3) is 1.00. The number of aliphatic hydroxyl groups excluding tert-OH is 1. The second kappa shape index (κ2) is 5.65. The molecular weight excluding hydrogens is 230 g/mol. The first kappa shape index (κ1) is 14.2. The van der Waals surface area contributed by atoms with Gasteiger partial charge in [0.1, 0.15) is 20.3 Å². The first-order valence-electron chi connectivity index (χ1n) is 5.23. The lowest BCUT2D eigenvalue weighted by Gasteiger charge is -2.20. The van der Waals surface area contributed by atoms with Gasteiger partial charge in [0.15, 0.2) is 0 Å². The zero-order chi connectivity index (χ0) is 12.3. The van der Waals surface area contributed by atoms with Gasteiger partial charge in [-0.15, -0.1) is 0 Å². The number of hydrogen-bond acceptors (Lipinski definition) is 5. The van der Waals surface area contributed by atoms with Gasteiger partial charge in [-0.3, -0.25) is 4.57 Å². The molecule has 1 fully saturated rings. The van der Waals surface area contributed by atoms with Crippen molar-refractivity contribution in [1.29, 1.82) is 0 Å². The molecule has 0 aromatic carbocycles. The molecule has 1 N–H and O–H groups in total. The summed E-state index contributed by atoms with van der Waals surface area (Å²) in [7, 11) is 2.66. The van der Waals surface area contributed by atoms with Gasteiger partial charge in [0.25, 0.3) is 0 Å². The van der Waals surface area contributed by atoms with Crippen molar-refractivity contribution in [3.8, 4) is 0 Å². The van der Waals surface area contributed by atoms with Crippen LogP contribution in [-0.2, 0) is 18.6 Å². The lowest BCUT2D eigenvalue weighted by molar-refractivity contribution is 0.00444. The summed E-state index contributed by atoms with van der Waals surface area (Å²) in [6, 6.07) is -0.729. The molecule has 0 amide bonds. The van der Waals surface area contributed by atoms with Crippen LogP contribution in [0.5, 0.6) is 0 Å². The van der Waals surface area contributed by atoms with Crippen LogP contribution in [0.25, 0.3) is 0 Å². The quantitative estimate of drug-likeness (QED) is 0.568. The third-order valence-electron chi connectivity index (χ3n) is 2.13. The Bertz CT molecular complexity index is 273. The molecule has 2 radical (unpaired) electrons. The molecule has 5 nitrogen and oxygen atoms in total. The molecule has 1 saturated heterocycles. The molecule has 92 valence electrons. The highest BCUT2D eigenvalue weighted by molar-refractivity contribution is 7.57. The topological polar surface area (TPSA) is 65.0 Å². The van der Waals surface area contributed by atoms with Crippen LogP contribution in [0, 0.1) is 0 Å². The minimum atomic E-state index is -2.78. The van der Waals surface area contributed by atoms with Gasteiger partial charge in [-0.2, -0.15) is 0 Å². The van der Waals surface area contributed by atoms with Gasteiger partial charge in [0.2, 0.25) is 7.37 Å². The summed E-state index contributed by atoms with van der Waals surface area (Å²) in [6.45, 7) is 5.33. The fourth-order valence-electron chi connectivity index (χ4n) is 1.47. The van der Waals surface area contributed by atoms with Gasteiger partial charge in [-0.05, 0) is 13.8 Å². The van der Waals surface area contributed by atoms with Crippen molar-refractivity contribution in [2.45, 2.75) is 38.2 Å². The molecule has 1 heterocycles. The molecule has 1 aliphatic heterocycles. The van der Waals surface area contributed by atoms with E-state index in [1.165, 1.54) is 6.66 Å². The highest BCUT2D eigenvalue weighted by atomic mass is 31.2. The van der Waals surface area contributed by atoms with Crippen molar-refractivity contribution in [3.05, 3.63) is 0 Å². The molecule has 0 aromatic heterocycles. The highest BCUT2D eigenvalue weighted by Gasteiger charge is 2.34. The molecule has 4 atom stereocenters. The van der Waals surface area contributed by atoms with Gasteiger partial charge >= 0.3 is 0 Å². The number of hydrogen-bond donors (Lipinski definition) is 1. The van der Waals surface area contributed by atoms with E-state index >= 15 is 0 Å². The van der Waals surface area contributed by atoms with E-state index in [0.29, 0.717) is 0 Å². The Morgan fingerprint density at radius 3 is 2.69 bits per heavy atom. The fourth-order valence-corrected chi connectivity index (χ4v) is 2.88. The average Bonchev–Trinajstić information content (AvgIpc) is 2.43. The second-order valence-electron chi connectivity index (χ2n) is 4.29. The molecule has 0 aromatic rings. The summed E-state index contributed by atoms with van der Waals surface area (Å²) in [6.07, 6.45) is -1.56. The van der Waals surface area contributed by atoms with Crippen LogP contribution in [0.15, 0.2) is 0 Å². The Morgan fingerprint density at radius 2 is 2.25 bits per heavy atom. The van der Waals surface area contributed by atoms with Crippen LogP contribution >= 0.6 is 7.37 Å². The van der Waals surface area contributed by atoms with Crippen molar-refractivity contribution < 1.29 is 23.7 Å². The molecule has 0 saturated carbocycles. The van der Waals surface area contributed by atoms with Crippen molar-refractivity contribution in [2.24, 2.45) is 0 Å². The van der Waals surface area contributed by atoms with Crippen LogP contribution in [0.1, 0.15) is 13.8 Å². The maximum Gasteiger partial charge on any atom is 0.225 e. The van der Waals surface area contributed by atoms with E-state index in [2.05, 4.69) is 0 Å². The third kappa shape index (κ3) is 4.19. The summed E-state index contributed by atoms with van der Waals surface area (Å²) in [5.74, 6) is 0. The van der Waals surface area contributed by atoms with E-state index < -0.39 is 25.6 Å². The molecule has 0 bridgehead atoms. The Hall–Kier alpha value is 0.135. The smallest absolute Gasteiger partial charge is 0.225 e. The van der Waals surface area contributed by atoms with E-state index in [-0.39, 0.29) is 19.1 Å². The van der Waals surface area contributed by atoms with Gasteiger partial charge in [0.05, 0.1) is 18.8 Å². The van der Waals surface area contributed by atoms with Crippen molar-refractivity contribution in [3.63, 3.8) is 0 Å². The Labute approximate surface area is 97.3 Å². The first-order chi connectivity index (χ1) is 7.32. The summed E-state index contributed by atoms with van der Waals surface area (Å²) in [5.41, 5.74) is 0. The van der Waals surface area contributed by atoms with Gasteiger partial charge in [-0.25, -0.2) is 0 Å². The minimum Gasteiger partial charge on any atom is -0.388 e. The zero-order valence-corrected chi connectivity index (χ0v) is 10.7. The molecule has 0 spiro atoms. The first-order valence-corrected chi connectivity index (χ1v) is 7.49. The van der Waals surface area contributed by atoms with Crippen LogP contribution in [0.4, 0.5) is 0 Å². The van der Waals surface area contributed by atoms with Crippen molar-refractivity contribution in [2.75, 3.05) is 19.6 Å². The summed E-state index contributed by atoms with van der Waals surface area (Å²) in [4.78, 5) is 0. The van der Waals surface area contributed by atoms with Crippen LogP contribution < -0.4 is 0 Å². The standard InChI is InChI=1S/C9H18BO5P/c1-6(2)15-16(3,12)5-14-7-4-13-9(10)8(7)11/h6-9,11H,4-5H2,1-3H3/t7-,8+,9+,16?/m0/s1. The predicted molar refractivity (Wildman–Crippen MR) is 61.0 cm³/mol. The summed E-state index contributed by atoms with van der Waals surface area (Å²) >= 11 is 0. The Balaban J connectivity index is 2.37. The number of rotatable bonds is 5. The Morgan fingerprint density at radius 1 is 1.62 bits per heavy atom. The molecule has 1 rings (SSSR count). The maximum atomic E-state index is 11.9. The average molecular weight is 248 g/mol. The Kier molecular flexibility index (Phi) is 5.01. The molecular formula is C9H18BO5P. The van der Waals surface area contributed by atoms with Crippen LogP contribution in [0.3, 0.4) is 0 Å². The molecule has 0 aliphatic carbocycles. The minimum absolute atomic E-state index is 0.0387. The van der Waals surface area contributed by atoms with Crippen molar-refractivity contribution in [1.82, 2.24) is 0 Å². The van der Waals surface area contributed by atoms with E-state index in [9.17, 15) is 9.67 Å². The van der Waals surface area contributed by atoms with Crippen LogP contribution in [-0.4, -0.2) is 56.9 Å². The van der Waals surface area contributed by atoms with E-state index in [0.717, 1.165) is 0 Å². The van der Waals surface area contributed by atoms with Gasteiger partial charge in [-0.1, -0.05) is 0 Å². The molecule has 1 aliphatic rings. The van der Waals surface area contributed by atoms with E-state index in [1.807, 2.05) is 0 Å². The highest BCUT2D eigenvalue weighted by Crippen LogP contribution is 2.44. The van der Waals surface area contributed by atoms with Gasteiger partial charge in [0, 0.05) is 12.7 Å².